The van der Waals surface area contributed by atoms with Gasteiger partial charge in [-0.15, -0.1) is 0 Å². The number of hydrogen-bond donors (Lipinski definition) is 2. The van der Waals surface area contributed by atoms with E-state index in [9.17, 15) is 8.42 Å². The molecule has 0 aliphatic heterocycles. The number of H-pyrrole nitrogens is 1. The Morgan fingerprint density at radius 1 is 1.16 bits per heavy atom. The van der Waals surface area contributed by atoms with Gasteiger partial charge in [-0.1, -0.05) is 42.0 Å². The lowest BCUT2D eigenvalue weighted by atomic mass is 10.3. The van der Waals surface area contributed by atoms with E-state index in [1.807, 2.05) is 12.2 Å². The average Bonchev–Trinajstić information content (AvgIpc) is 3.25. The number of rotatable bonds is 4. The van der Waals surface area contributed by atoms with Crippen LogP contribution in [-0.2, 0) is 10.0 Å². The van der Waals surface area contributed by atoms with Crippen LogP contribution in [0.25, 0.3) is 16.6 Å². The van der Waals surface area contributed by atoms with Gasteiger partial charge in [0.25, 0.3) is 10.0 Å². The molecule has 0 saturated carbocycles. The van der Waals surface area contributed by atoms with E-state index in [0.717, 1.165) is 23.3 Å². The van der Waals surface area contributed by atoms with Crippen LogP contribution in [0.5, 0.6) is 0 Å². The predicted octanol–water partition coefficient (Wildman–Crippen LogP) is 4.36. The van der Waals surface area contributed by atoms with Gasteiger partial charge in [0.1, 0.15) is 5.82 Å². The van der Waals surface area contributed by atoms with E-state index in [1.165, 1.54) is 0 Å². The van der Waals surface area contributed by atoms with Gasteiger partial charge < -0.3 is 4.98 Å². The van der Waals surface area contributed by atoms with Crippen molar-refractivity contribution in [2.75, 3.05) is 4.72 Å². The maximum absolute atomic E-state index is 12.6. The Labute approximate surface area is 150 Å². The number of nitrogens with one attached hydrogen (secondary N) is 2. The Morgan fingerprint density at radius 3 is 2.76 bits per heavy atom. The molecule has 0 spiro atoms. The summed E-state index contributed by atoms with van der Waals surface area (Å²) < 4.78 is 27.8. The standard InChI is InChI=1S/C18H14ClN3O2S/c19-14-7-3-4-8-15(14)22-25(23,24)13-9-10-16-17(11-13)21-18(20-16)12-5-1-2-6-12/h1,3-11,22H,2H2,(H,20,21). The summed E-state index contributed by atoms with van der Waals surface area (Å²) >= 11 is 6.03. The highest BCUT2D eigenvalue weighted by molar-refractivity contribution is 7.92. The zero-order chi connectivity index (χ0) is 17.4. The van der Waals surface area contributed by atoms with Crippen LogP contribution in [0, 0.1) is 0 Å². The van der Waals surface area contributed by atoms with E-state index in [4.69, 9.17) is 11.6 Å². The van der Waals surface area contributed by atoms with Crippen molar-refractivity contribution in [1.29, 1.82) is 0 Å². The smallest absolute Gasteiger partial charge is 0.262 e. The second-order valence-electron chi connectivity index (χ2n) is 5.65. The minimum absolute atomic E-state index is 0.133. The summed E-state index contributed by atoms with van der Waals surface area (Å²) in [5.74, 6) is 0.734. The Kier molecular flexibility index (Phi) is 3.86. The Bertz CT molecular complexity index is 1130. The van der Waals surface area contributed by atoms with Gasteiger partial charge in [-0.25, -0.2) is 13.4 Å². The molecule has 3 aromatic rings. The number of fused-ring (bicyclic) bond motifs is 1. The molecule has 2 N–H and O–H groups in total. The maximum Gasteiger partial charge on any atom is 0.262 e. The molecular weight excluding hydrogens is 358 g/mol. The van der Waals surface area contributed by atoms with Crippen molar-refractivity contribution in [1.82, 2.24) is 9.97 Å². The molecule has 0 unspecified atom stereocenters. The Hall–Kier alpha value is -2.57. The normalized spacial score (nSPS) is 14.0. The van der Waals surface area contributed by atoms with E-state index in [-0.39, 0.29) is 4.90 Å². The molecule has 0 atom stereocenters. The molecule has 4 rings (SSSR count). The molecule has 2 aromatic carbocycles. The van der Waals surface area contributed by atoms with Gasteiger partial charge in [-0.2, -0.15) is 0 Å². The number of hydrogen-bond acceptors (Lipinski definition) is 3. The van der Waals surface area contributed by atoms with Crippen molar-refractivity contribution in [3.63, 3.8) is 0 Å². The molecule has 1 aliphatic rings. The van der Waals surface area contributed by atoms with Crippen LogP contribution in [0.4, 0.5) is 5.69 Å². The van der Waals surface area contributed by atoms with Crippen LogP contribution in [0.1, 0.15) is 12.2 Å². The first kappa shape index (κ1) is 15.9. The summed E-state index contributed by atoms with van der Waals surface area (Å²) in [6.45, 7) is 0. The third kappa shape index (κ3) is 3.06. The fourth-order valence-electron chi connectivity index (χ4n) is 2.67. The topological polar surface area (TPSA) is 74.8 Å². The molecule has 0 amide bonds. The highest BCUT2D eigenvalue weighted by Gasteiger charge is 2.17. The molecule has 25 heavy (non-hydrogen) atoms. The molecule has 0 fully saturated rings. The summed E-state index contributed by atoms with van der Waals surface area (Å²) in [5.41, 5.74) is 2.73. The lowest BCUT2D eigenvalue weighted by molar-refractivity contribution is 0.601. The second kappa shape index (κ2) is 6.06. The van der Waals surface area contributed by atoms with E-state index in [0.29, 0.717) is 16.2 Å². The lowest BCUT2D eigenvalue weighted by Gasteiger charge is -2.09. The quantitative estimate of drug-likeness (QED) is 0.715. The number of aromatic nitrogens is 2. The number of halogens is 1. The van der Waals surface area contributed by atoms with Gasteiger partial charge in [0.05, 0.1) is 26.6 Å². The first-order chi connectivity index (χ1) is 12.0. The molecule has 1 heterocycles. The molecule has 5 nitrogen and oxygen atoms in total. The zero-order valence-corrected chi connectivity index (χ0v) is 14.6. The Morgan fingerprint density at radius 2 is 2.00 bits per heavy atom. The van der Waals surface area contributed by atoms with E-state index < -0.39 is 10.0 Å². The maximum atomic E-state index is 12.6. The summed E-state index contributed by atoms with van der Waals surface area (Å²) in [7, 11) is -3.75. The van der Waals surface area contributed by atoms with Gasteiger partial charge in [-0.05, 0) is 36.8 Å². The Balaban J connectivity index is 1.71. The zero-order valence-electron chi connectivity index (χ0n) is 13.0. The number of benzene rings is 2. The fraction of sp³-hybridized carbons (Fsp3) is 0.0556. The van der Waals surface area contributed by atoms with Crippen molar-refractivity contribution in [3.05, 3.63) is 71.5 Å². The largest absolute Gasteiger partial charge is 0.338 e. The first-order valence-electron chi connectivity index (χ1n) is 7.67. The van der Waals surface area contributed by atoms with Gasteiger partial charge >= 0.3 is 0 Å². The van der Waals surface area contributed by atoms with E-state index >= 15 is 0 Å². The van der Waals surface area contributed by atoms with Crippen molar-refractivity contribution < 1.29 is 8.42 Å². The summed E-state index contributed by atoms with van der Waals surface area (Å²) in [6, 6.07) is 11.5. The minimum atomic E-state index is -3.75. The van der Waals surface area contributed by atoms with Crippen molar-refractivity contribution >= 4 is 43.9 Å². The predicted molar refractivity (Wildman–Crippen MR) is 100 cm³/mol. The number of sulfonamides is 1. The SMILES string of the molecule is O=S(=O)(Nc1ccccc1Cl)c1ccc2[nH]c(C3=CCC=C3)nc2c1. The minimum Gasteiger partial charge on any atom is -0.338 e. The van der Waals surface area contributed by atoms with Crippen LogP contribution in [0.3, 0.4) is 0 Å². The van der Waals surface area contributed by atoms with Crippen LogP contribution in [-0.4, -0.2) is 18.4 Å². The molecule has 0 saturated heterocycles. The summed E-state index contributed by atoms with van der Waals surface area (Å²) in [6.07, 6.45) is 6.99. The van der Waals surface area contributed by atoms with E-state index in [1.54, 1.807) is 42.5 Å². The first-order valence-corrected chi connectivity index (χ1v) is 9.53. The number of nitrogens with zero attached hydrogens (tertiary/aromatic N) is 1. The highest BCUT2D eigenvalue weighted by Crippen LogP contribution is 2.26. The highest BCUT2D eigenvalue weighted by atomic mass is 35.5. The molecule has 1 aromatic heterocycles. The third-order valence-electron chi connectivity index (χ3n) is 3.93. The average molecular weight is 372 g/mol. The van der Waals surface area contributed by atoms with Gasteiger partial charge in [0, 0.05) is 5.57 Å². The monoisotopic (exact) mass is 371 g/mol. The van der Waals surface area contributed by atoms with Crippen LogP contribution in [0.2, 0.25) is 5.02 Å². The van der Waals surface area contributed by atoms with Gasteiger partial charge in [-0.3, -0.25) is 4.72 Å². The second-order valence-corrected chi connectivity index (χ2v) is 7.74. The van der Waals surface area contributed by atoms with E-state index in [2.05, 4.69) is 20.8 Å². The fourth-order valence-corrected chi connectivity index (χ4v) is 4.01. The molecule has 126 valence electrons. The van der Waals surface area contributed by atoms with Gasteiger partial charge in [0.2, 0.25) is 0 Å². The lowest BCUT2D eigenvalue weighted by Crippen LogP contribution is -2.13. The number of aromatic amines is 1. The van der Waals surface area contributed by atoms with Crippen LogP contribution < -0.4 is 4.72 Å². The summed E-state index contributed by atoms with van der Waals surface area (Å²) in [5, 5.41) is 0.342. The van der Waals surface area contributed by atoms with Crippen LogP contribution in [0.15, 0.2) is 65.6 Å². The third-order valence-corrected chi connectivity index (χ3v) is 5.62. The summed E-state index contributed by atoms with van der Waals surface area (Å²) in [4.78, 5) is 7.84. The van der Waals surface area contributed by atoms with Gasteiger partial charge in [0.15, 0.2) is 0 Å². The van der Waals surface area contributed by atoms with Crippen molar-refractivity contribution in [2.45, 2.75) is 11.3 Å². The molecular formula is C18H14ClN3O2S. The molecule has 1 aliphatic carbocycles. The van der Waals surface area contributed by atoms with Crippen molar-refractivity contribution in [2.24, 2.45) is 0 Å². The number of anilines is 1. The number of para-hydroxylation sites is 1. The molecule has 0 radical (unpaired) electrons. The van der Waals surface area contributed by atoms with Crippen LogP contribution >= 0.6 is 11.6 Å². The molecule has 7 heteroatoms. The van der Waals surface area contributed by atoms with Crippen molar-refractivity contribution in [3.8, 4) is 0 Å². The number of imidazole rings is 1. The molecule has 0 bridgehead atoms. The number of allylic oxidation sites excluding steroid dienone is 4.